The summed E-state index contributed by atoms with van der Waals surface area (Å²) in [5, 5.41) is 0.995. The molecule has 0 aliphatic heterocycles. The number of pyridine rings is 1. The number of hydrogen-bond donors (Lipinski definition) is 1. The first-order chi connectivity index (χ1) is 8.16. The van der Waals surface area contributed by atoms with Gasteiger partial charge >= 0.3 is 0 Å². The molecule has 2 N–H and O–H groups in total. The van der Waals surface area contributed by atoms with E-state index in [0.717, 1.165) is 10.6 Å². The van der Waals surface area contributed by atoms with Crippen LogP contribution in [0.1, 0.15) is 24.1 Å². The van der Waals surface area contributed by atoms with Gasteiger partial charge < -0.3 is 5.73 Å². The Morgan fingerprint density at radius 2 is 2.00 bits per heavy atom. The molecule has 0 aliphatic carbocycles. The highest BCUT2D eigenvalue weighted by molar-refractivity contribution is 7.99. The molecular weight excluding hydrogens is 228 g/mol. The molecule has 1 unspecified atom stereocenters. The molecule has 1 heterocycles. The minimum Gasteiger partial charge on any atom is -0.324 e. The van der Waals surface area contributed by atoms with Crippen molar-refractivity contribution in [3.63, 3.8) is 0 Å². The van der Waals surface area contributed by atoms with Crippen LogP contribution in [0.2, 0.25) is 0 Å². The average Bonchev–Trinajstić information content (AvgIpc) is 2.32. The number of benzene rings is 1. The third-order valence-electron chi connectivity index (χ3n) is 2.59. The SMILES string of the molecule is Cc1ccccc1Sc1cc(C(C)N)ccn1. The third-order valence-corrected chi connectivity index (χ3v) is 3.70. The van der Waals surface area contributed by atoms with Crippen LogP contribution in [0.25, 0.3) is 0 Å². The Morgan fingerprint density at radius 3 is 2.71 bits per heavy atom. The maximum Gasteiger partial charge on any atom is 0.101 e. The quantitative estimate of drug-likeness (QED) is 0.897. The Hall–Kier alpha value is -1.32. The highest BCUT2D eigenvalue weighted by atomic mass is 32.2. The summed E-state index contributed by atoms with van der Waals surface area (Å²) in [5.41, 5.74) is 8.26. The smallest absolute Gasteiger partial charge is 0.101 e. The predicted octanol–water partition coefficient (Wildman–Crippen LogP) is 3.56. The first-order valence-electron chi connectivity index (χ1n) is 5.62. The van der Waals surface area contributed by atoms with Gasteiger partial charge in [-0.05, 0) is 43.2 Å². The molecule has 0 bridgehead atoms. The first kappa shape index (κ1) is 12.1. The second-order valence-electron chi connectivity index (χ2n) is 4.08. The standard InChI is InChI=1S/C14H16N2S/c1-10-5-3-4-6-13(10)17-14-9-12(11(2)15)7-8-16-14/h3-9,11H,15H2,1-2H3. The van der Waals surface area contributed by atoms with Gasteiger partial charge in [-0.2, -0.15) is 0 Å². The van der Waals surface area contributed by atoms with E-state index in [1.807, 2.05) is 31.3 Å². The molecule has 88 valence electrons. The van der Waals surface area contributed by atoms with Crippen molar-refractivity contribution in [2.45, 2.75) is 29.8 Å². The van der Waals surface area contributed by atoms with Crippen molar-refractivity contribution < 1.29 is 0 Å². The predicted molar refractivity (Wildman–Crippen MR) is 72.1 cm³/mol. The zero-order chi connectivity index (χ0) is 12.3. The van der Waals surface area contributed by atoms with Crippen molar-refractivity contribution in [1.29, 1.82) is 0 Å². The average molecular weight is 244 g/mol. The largest absolute Gasteiger partial charge is 0.324 e. The number of aryl methyl sites for hydroxylation is 1. The van der Waals surface area contributed by atoms with Gasteiger partial charge in [0, 0.05) is 17.1 Å². The molecule has 3 heteroatoms. The number of nitrogens with two attached hydrogens (primary N) is 1. The fourth-order valence-electron chi connectivity index (χ4n) is 1.55. The van der Waals surface area contributed by atoms with E-state index in [1.165, 1.54) is 10.5 Å². The van der Waals surface area contributed by atoms with Gasteiger partial charge in [-0.3, -0.25) is 0 Å². The van der Waals surface area contributed by atoms with Gasteiger partial charge in [0.2, 0.25) is 0 Å². The molecule has 0 radical (unpaired) electrons. The zero-order valence-corrected chi connectivity index (χ0v) is 10.9. The highest BCUT2D eigenvalue weighted by Crippen LogP contribution is 2.29. The maximum absolute atomic E-state index is 5.87. The van der Waals surface area contributed by atoms with Gasteiger partial charge in [-0.25, -0.2) is 4.98 Å². The van der Waals surface area contributed by atoms with Crippen LogP contribution in [0.4, 0.5) is 0 Å². The maximum atomic E-state index is 5.87. The molecule has 0 saturated heterocycles. The van der Waals surface area contributed by atoms with Gasteiger partial charge in [-0.15, -0.1) is 0 Å². The normalized spacial score (nSPS) is 12.4. The van der Waals surface area contributed by atoms with Crippen LogP contribution in [0.3, 0.4) is 0 Å². The Balaban J connectivity index is 2.25. The van der Waals surface area contributed by atoms with Crippen molar-refractivity contribution in [1.82, 2.24) is 4.98 Å². The molecular formula is C14H16N2S. The van der Waals surface area contributed by atoms with Gasteiger partial charge in [0.05, 0.1) is 0 Å². The lowest BCUT2D eigenvalue weighted by Gasteiger charge is -2.08. The number of aromatic nitrogens is 1. The highest BCUT2D eigenvalue weighted by Gasteiger charge is 2.04. The van der Waals surface area contributed by atoms with E-state index in [9.17, 15) is 0 Å². The topological polar surface area (TPSA) is 38.9 Å². The van der Waals surface area contributed by atoms with E-state index >= 15 is 0 Å². The molecule has 17 heavy (non-hydrogen) atoms. The Kier molecular flexibility index (Phi) is 3.82. The molecule has 2 rings (SSSR count). The third kappa shape index (κ3) is 3.08. The van der Waals surface area contributed by atoms with Gasteiger partial charge in [0.25, 0.3) is 0 Å². The summed E-state index contributed by atoms with van der Waals surface area (Å²) in [6.45, 7) is 4.09. The van der Waals surface area contributed by atoms with Crippen LogP contribution >= 0.6 is 11.8 Å². The van der Waals surface area contributed by atoms with Crippen LogP contribution < -0.4 is 5.73 Å². The molecule has 1 aromatic carbocycles. The molecule has 0 saturated carbocycles. The van der Waals surface area contributed by atoms with E-state index in [4.69, 9.17) is 5.73 Å². The number of nitrogens with zero attached hydrogens (tertiary/aromatic N) is 1. The summed E-state index contributed by atoms with van der Waals surface area (Å²) in [5.74, 6) is 0. The van der Waals surface area contributed by atoms with E-state index in [-0.39, 0.29) is 6.04 Å². The van der Waals surface area contributed by atoms with Crippen LogP contribution in [0.5, 0.6) is 0 Å². The Bertz CT molecular complexity index is 509. The molecule has 0 aliphatic rings. The lowest BCUT2D eigenvalue weighted by atomic mass is 10.1. The van der Waals surface area contributed by atoms with E-state index in [1.54, 1.807) is 11.8 Å². The van der Waals surface area contributed by atoms with E-state index in [0.29, 0.717) is 0 Å². The lowest BCUT2D eigenvalue weighted by molar-refractivity contribution is 0.808. The van der Waals surface area contributed by atoms with E-state index in [2.05, 4.69) is 30.1 Å². The fraction of sp³-hybridized carbons (Fsp3) is 0.214. The monoisotopic (exact) mass is 244 g/mol. The summed E-state index contributed by atoms with van der Waals surface area (Å²) in [6, 6.07) is 12.4. The minimum absolute atomic E-state index is 0.0502. The van der Waals surface area contributed by atoms with Crippen molar-refractivity contribution >= 4 is 11.8 Å². The molecule has 1 aromatic heterocycles. The summed E-state index contributed by atoms with van der Waals surface area (Å²) in [6.07, 6.45) is 1.82. The minimum atomic E-state index is 0.0502. The summed E-state index contributed by atoms with van der Waals surface area (Å²) in [7, 11) is 0. The zero-order valence-electron chi connectivity index (χ0n) is 10.1. The van der Waals surface area contributed by atoms with Crippen molar-refractivity contribution in [3.05, 3.63) is 53.7 Å². The lowest BCUT2D eigenvalue weighted by Crippen LogP contribution is -2.04. The second kappa shape index (κ2) is 5.34. The number of rotatable bonds is 3. The van der Waals surface area contributed by atoms with Gasteiger partial charge in [-0.1, -0.05) is 30.0 Å². The van der Waals surface area contributed by atoms with Gasteiger partial charge in [0.15, 0.2) is 0 Å². The second-order valence-corrected chi connectivity index (χ2v) is 5.15. The van der Waals surface area contributed by atoms with Crippen molar-refractivity contribution in [3.8, 4) is 0 Å². The van der Waals surface area contributed by atoms with Crippen LogP contribution in [0.15, 0.2) is 52.5 Å². The van der Waals surface area contributed by atoms with Crippen LogP contribution in [-0.4, -0.2) is 4.98 Å². The van der Waals surface area contributed by atoms with Crippen LogP contribution in [0, 0.1) is 6.92 Å². The number of hydrogen-bond acceptors (Lipinski definition) is 3. The van der Waals surface area contributed by atoms with Crippen LogP contribution in [-0.2, 0) is 0 Å². The van der Waals surface area contributed by atoms with Crippen molar-refractivity contribution in [2.24, 2.45) is 5.73 Å². The Labute approximate surface area is 106 Å². The summed E-state index contributed by atoms with van der Waals surface area (Å²) >= 11 is 1.68. The molecule has 0 fully saturated rings. The van der Waals surface area contributed by atoms with Crippen molar-refractivity contribution in [2.75, 3.05) is 0 Å². The molecule has 0 spiro atoms. The Morgan fingerprint density at radius 1 is 1.24 bits per heavy atom. The molecule has 1 atom stereocenters. The molecule has 0 amide bonds. The van der Waals surface area contributed by atoms with E-state index < -0.39 is 0 Å². The summed E-state index contributed by atoms with van der Waals surface area (Å²) in [4.78, 5) is 5.60. The first-order valence-corrected chi connectivity index (χ1v) is 6.43. The molecule has 2 nitrogen and oxygen atoms in total. The van der Waals surface area contributed by atoms with Gasteiger partial charge in [0.1, 0.15) is 5.03 Å². The summed E-state index contributed by atoms with van der Waals surface area (Å²) < 4.78 is 0. The molecule has 2 aromatic rings. The fourth-order valence-corrected chi connectivity index (χ4v) is 2.46.